The Labute approximate surface area is 112 Å². The van der Waals surface area contributed by atoms with Crippen molar-refractivity contribution < 1.29 is 9.50 Å². The highest BCUT2D eigenvalue weighted by Gasteiger charge is 2.16. The summed E-state index contributed by atoms with van der Waals surface area (Å²) in [7, 11) is 0. The smallest absolute Gasteiger partial charge is 0.143 e. The zero-order valence-electron chi connectivity index (χ0n) is 8.70. The number of hydrogen-bond acceptors (Lipinski definition) is 1. The van der Waals surface area contributed by atoms with Gasteiger partial charge in [0.15, 0.2) is 0 Å². The second kappa shape index (κ2) is 5.17. The van der Waals surface area contributed by atoms with Gasteiger partial charge in [-0.3, -0.25) is 0 Å². The van der Waals surface area contributed by atoms with Gasteiger partial charge in [-0.1, -0.05) is 35.9 Å². The lowest BCUT2D eigenvalue weighted by atomic mass is 10.0. The number of hydrogen-bond donors (Lipinski definition) is 1. The standard InChI is InChI=1S/C13H9BrClFO/c14-11-3-1-2-10(12(11)16)13(17)8-4-6-9(15)7-5-8/h1-7,13,17H. The van der Waals surface area contributed by atoms with Gasteiger partial charge in [-0.15, -0.1) is 0 Å². The van der Waals surface area contributed by atoms with Gasteiger partial charge < -0.3 is 5.11 Å². The van der Waals surface area contributed by atoms with Crippen LogP contribution in [0.25, 0.3) is 0 Å². The Balaban J connectivity index is 2.40. The summed E-state index contributed by atoms with van der Waals surface area (Å²) >= 11 is 8.85. The maximum atomic E-state index is 13.8. The number of rotatable bonds is 2. The summed E-state index contributed by atoms with van der Waals surface area (Å²) in [6.07, 6.45) is -0.996. The highest BCUT2D eigenvalue weighted by molar-refractivity contribution is 9.10. The molecule has 0 fully saturated rings. The van der Waals surface area contributed by atoms with Gasteiger partial charge in [0.05, 0.1) is 4.47 Å². The van der Waals surface area contributed by atoms with E-state index in [0.29, 0.717) is 15.1 Å². The molecule has 0 radical (unpaired) electrons. The molecule has 0 aliphatic carbocycles. The van der Waals surface area contributed by atoms with Crippen LogP contribution in [0.3, 0.4) is 0 Å². The first kappa shape index (κ1) is 12.6. The fraction of sp³-hybridized carbons (Fsp3) is 0.0769. The van der Waals surface area contributed by atoms with E-state index in [1.807, 2.05) is 0 Å². The first-order valence-electron chi connectivity index (χ1n) is 4.97. The zero-order valence-corrected chi connectivity index (χ0v) is 11.0. The summed E-state index contributed by atoms with van der Waals surface area (Å²) in [6.45, 7) is 0. The van der Waals surface area contributed by atoms with E-state index in [9.17, 15) is 9.50 Å². The Morgan fingerprint density at radius 3 is 2.41 bits per heavy atom. The molecule has 17 heavy (non-hydrogen) atoms. The van der Waals surface area contributed by atoms with Gasteiger partial charge in [-0.25, -0.2) is 4.39 Å². The summed E-state index contributed by atoms with van der Waals surface area (Å²) in [5.74, 6) is -0.449. The lowest BCUT2D eigenvalue weighted by Gasteiger charge is -2.13. The van der Waals surface area contributed by atoms with Gasteiger partial charge in [-0.2, -0.15) is 0 Å². The van der Waals surface area contributed by atoms with Gasteiger partial charge in [0.25, 0.3) is 0 Å². The molecule has 2 rings (SSSR count). The molecule has 0 amide bonds. The van der Waals surface area contributed by atoms with E-state index in [4.69, 9.17) is 11.6 Å². The van der Waals surface area contributed by atoms with Crippen LogP contribution < -0.4 is 0 Å². The monoisotopic (exact) mass is 314 g/mol. The average Bonchev–Trinajstić information content (AvgIpc) is 2.33. The Bertz CT molecular complexity index is 527. The molecule has 0 aromatic heterocycles. The SMILES string of the molecule is OC(c1ccc(Cl)cc1)c1cccc(Br)c1F. The second-order valence-electron chi connectivity index (χ2n) is 3.60. The lowest BCUT2D eigenvalue weighted by Crippen LogP contribution is -2.02. The van der Waals surface area contributed by atoms with Crippen molar-refractivity contribution in [3.05, 3.63) is 68.9 Å². The van der Waals surface area contributed by atoms with Crippen molar-refractivity contribution >= 4 is 27.5 Å². The molecule has 88 valence electrons. The Hall–Kier alpha value is -0.900. The van der Waals surface area contributed by atoms with Crippen molar-refractivity contribution in [3.8, 4) is 0 Å². The molecule has 0 spiro atoms. The van der Waals surface area contributed by atoms with E-state index in [0.717, 1.165) is 0 Å². The largest absolute Gasteiger partial charge is 0.384 e. The second-order valence-corrected chi connectivity index (χ2v) is 4.89. The number of aliphatic hydroxyl groups excluding tert-OH is 1. The normalized spacial score (nSPS) is 12.5. The summed E-state index contributed by atoms with van der Waals surface area (Å²) < 4.78 is 14.1. The van der Waals surface area contributed by atoms with Crippen molar-refractivity contribution in [2.45, 2.75) is 6.10 Å². The quantitative estimate of drug-likeness (QED) is 0.875. The molecular weight excluding hydrogens is 306 g/mol. The van der Waals surface area contributed by atoms with Crippen LogP contribution in [0.5, 0.6) is 0 Å². The van der Waals surface area contributed by atoms with Crippen molar-refractivity contribution in [1.29, 1.82) is 0 Å². The predicted molar refractivity (Wildman–Crippen MR) is 69.6 cm³/mol. The Morgan fingerprint density at radius 1 is 1.12 bits per heavy atom. The van der Waals surface area contributed by atoms with Crippen LogP contribution >= 0.6 is 27.5 Å². The van der Waals surface area contributed by atoms with Crippen LogP contribution in [-0.4, -0.2) is 5.11 Å². The first-order valence-corrected chi connectivity index (χ1v) is 6.14. The average molecular weight is 316 g/mol. The lowest BCUT2D eigenvalue weighted by molar-refractivity contribution is 0.215. The van der Waals surface area contributed by atoms with Crippen LogP contribution in [0.2, 0.25) is 5.02 Å². The summed E-state index contributed by atoms with van der Waals surface area (Å²) in [4.78, 5) is 0. The topological polar surface area (TPSA) is 20.2 Å². The van der Waals surface area contributed by atoms with E-state index < -0.39 is 11.9 Å². The third-order valence-electron chi connectivity index (χ3n) is 2.46. The third kappa shape index (κ3) is 2.68. The molecule has 4 heteroatoms. The molecule has 0 saturated carbocycles. The van der Waals surface area contributed by atoms with Gasteiger partial charge >= 0.3 is 0 Å². The van der Waals surface area contributed by atoms with E-state index in [1.165, 1.54) is 0 Å². The summed E-state index contributed by atoms with van der Waals surface area (Å²) in [6, 6.07) is 11.5. The third-order valence-corrected chi connectivity index (χ3v) is 3.33. The number of halogens is 3. The van der Waals surface area contributed by atoms with Gasteiger partial charge in [0.1, 0.15) is 11.9 Å². The first-order chi connectivity index (χ1) is 8.09. The molecule has 0 saturated heterocycles. The van der Waals surface area contributed by atoms with Gasteiger partial charge in [-0.05, 0) is 39.7 Å². The molecule has 0 aliphatic heterocycles. The molecule has 0 bridgehead atoms. The fourth-order valence-electron chi connectivity index (χ4n) is 1.56. The minimum absolute atomic E-state index is 0.238. The van der Waals surface area contributed by atoms with Crippen LogP contribution in [0, 0.1) is 5.82 Å². The van der Waals surface area contributed by atoms with E-state index in [-0.39, 0.29) is 5.56 Å². The summed E-state index contributed by atoms with van der Waals surface area (Å²) in [5.41, 5.74) is 0.841. The highest BCUT2D eigenvalue weighted by atomic mass is 79.9. The predicted octanol–water partition coefficient (Wildman–Crippen LogP) is 4.32. The van der Waals surface area contributed by atoms with Crippen molar-refractivity contribution in [2.24, 2.45) is 0 Å². The zero-order chi connectivity index (χ0) is 12.4. The maximum Gasteiger partial charge on any atom is 0.143 e. The molecule has 1 unspecified atom stereocenters. The van der Waals surface area contributed by atoms with Crippen LogP contribution in [0.1, 0.15) is 17.2 Å². The molecule has 0 heterocycles. The fourth-order valence-corrected chi connectivity index (χ4v) is 2.06. The van der Waals surface area contributed by atoms with E-state index in [1.54, 1.807) is 42.5 Å². The number of benzene rings is 2. The van der Waals surface area contributed by atoms with Crippen molar-refractivity contribution in [1.82, 2.24) is 0 Å². The van der Waals surface area contributed by atoms with Crippen molar-refractivity contribution in [3.63, 3.8) is 0 Å². The van der Waals surface area contributed by atoms with E-state index >= 15 is 0 Å². The molecule has 0 aliphatic rings. The van der Waals surface area contributed by atoms with Crippen LogP contribution in [0.4, 0.5) is 4.39 Å². The minimum Gasteiger partial charge on any atom is -0.384 e. The van der Waals surface area contributed by atoms with E-state index in [2.05, 4.69) is 15.9 Å². The molecule has 1 nitrogen and oxygen atoms in total. The van der Waals surface area contributed by atoms with Crippen LogP contribution in [-0.2, 0) is 0 Å². The molecule has 1 N–H and O–H groups in total. The molecule has 2 aromatic rings. The van der Waals surface area contributed by atoms with Gasteiger partial charge in [0, 0.05) is 10.6 Å². The van der Waals surface area contributed by atoms with Crippen molar-refractivity contribution in [2.75, 3.05) is 0 Å². The molecular formula is C13H9BrClFO. The molecule has 2 aromatic carbocycles. The summed E-state index contributed by atoms with van der Waals surface area (Å²) in [5, 5.41) is 10.7. The number of aliphatic hydroxyl groups is 1. The van der Waals surface area contributed by atoms with Gasteiger partial charge in [0.2, 0.25) is 0 Å². The Morgan fingerprint density at radius 2 is 1.76 bits per heavy atom. The minimum atomic E-state index is -0.996. The van der Waals surface area contributed by atoms with Crippen LogP contribution in [0.15, 0.2) is 46.9 Å². The Kier molecular flexibility index (Phi) is 3.82. The molecule has 1 atom stereocenters. The maximum absolute atomic E-state index is 13.8. The highest BCUT2D eigenvalue weighted by Crippen LogP contribution is 2.28.